The lowest BCUT2D eigenvalue weighted by atomic mass is 9.46. The van der Waals surface area contributed by atoms with E-state index in [0.717, 1.165) is 56.9 Å². The molecule has 0 unspecified atom stereocenters. The Morgan fingerprint density at radius 2 is 1.83 bits per heavy atom. The minimum Gasteiger partial charge on any atom is -0.423 e. The van der Waals surface area contributed by atoms with Crippen LogP contribution in [0.5, 0.6) is 0 Å². The van der Waals surface area contributed by atoms with Crippen molar-refractivity contribution in [1.82, 2.24) is 0 Å². The van der Waals surface area contributed by atoms with Crippen LogP contribution in [0.4, 0.5) is 0 Å². The summed E-state index contributed by atoms with van der Waals surface area (Å²) in [5, 5.41) is 0. The molecule has 0 spiro atoms. The Labute approximate surface area is 174 Å². The van der Waals surface area contributed by atoms with Crippen LogP contribution in [0.25, 0.3) is 0 Å². The van der Waals surface area contributed by atoms with Crippen LogP contribution < -0.4 is 0 Å². The summed E-state index contributed by atoms with van der Waals surface area (Å²) in [5.41, 5.74) is 0.866. The van der Waals surface area contributed by atoms with E-state index in [1.807, 2.05) is 6.92 Å². The number of ether oxygens (including phenoxy) is 1. The van der Waals surface area contributed by atoms with Gasteiger partial charge in [0.25, 0.3) is 0 Å². The third-order valence-corrected chi connectivity index (χ3v) is 9.11. The predicted molar refractivity (Wildman–Crippen MR) is 111 cm³/mol. The van der Waals surface area contributed by atoms with Crippen LogP contribution in [0.1, 0.15) is 91.9 Å². The van der Waals surface area contributed by atoms with E-state index in [0.29, 0.717) is 48.1 Å². The maximum atomic E-state index is 12.9. The quantitative estimate of drug-likeness (QED) is 0.593. The van der Waals surface area contributed by atoms with Gasteiger partial charge in [0.05, 0.1) is 0 Å². The Kier molecular flexibility index (Phi) is 5.28. The van der Waals surface area contributed by atoms with E-state index in [2.05, 4.69) is 20.8 Å². The zero-order chi connectivity index (χ0) is 21.0. The van der Waals surface area contributed by atoms with Crippen molar-refractivity contribution in [1.29, 1.82) is 0 Å². The maximum Gasteiger partial charge on any atom is 0.311 e. The van der Waals surface area contributed by atoms with Gasteiger partial charge in [-0.1, -0.05) is 34.1 Å². The minimum absolute atomic E-state index is 0.00325. The van der Waals surface area contributed by atoms with Crippen molar-refractivity contribution in [2.45, 2.75) is 91.9 Å². The highest BCUT2D eigenvalue weighted by molar-refractivity contribution is 5.97. The van der Waals surface area contributed by atoms with Gasteiger partial charge in [-0.3, -0.25) is 14.4 Å². The number of fused-ring (bicyclic) bond motifs is 5. The highest BCUT2D eigenvalue weighted by Gasteiger charge is 2.62. The molecule has 0 bridgehead atoms. The standard InChI is InChI=1S/C25H36O4/c1-5-7-21(28)29-23-18-9-8-16-17(24(18,3)13-11-19(23)26)10-12-25(4)20(27)14-15(6-2)22(16)25/h15-17,22H,5-14H2,1-4H3/t15-,16+,17-,22-,24+,25+/m0/s1. The molecule has 160 valence electrons. The summed E-state index contributed by atoms with van der Waals surface area (Å²) < 4.78 is 5.66. The molecule has 4 aliphatic rings. The monoisotopic (exact) mass is 400 g/mol. The van der Waals surface area contributed by atoms with Crippen LogP contribution in [0, 0.1) is 34.5 Å². The SMILES string of the molecule is CCCC(=O)OC1=C2CC[C@H]3[C@@H]4[C@@H](CC)CC(=O)[C@@]4(C)CC[C@@H]3[C@@]2(C)CCC1=O. The molecule has 6 atom stereocenters. The lowest BCUT2D eigenvalue weighted by Crippen LogP contribution is -2.52. The minimum atomic E-state index is -0.279. The zero-order valence-electron chi connectivity index (χ0n) is 18.5. The molecule has 4 aliphatic carbocycles. The van der Waals surface area contributed by atoms with E-state index in [4.69, 9.17) is 4.74 Å². The van der Waals surface area contributed by atoms with E-state index in [-0.39, 0.29) is 22.6 Å². The molecule has 0 heterocycles. The lowest BCUT2D eigenvalue weighted by Gasteiger charge is -2.57. The fourth-order valence-electron chi connectivity index (χ4n) is 7.59. The van der Waals surface area contributed by atoms with Crippen molar-refractivity contribution in [3.05, 3.63) is 11.3 Å². The molecule has 3 fully saturated rings. The highest BCUT2D eigenvalue weighted by atomic mass is 16.5. The maximum absolute atomic E-state index is 12.9. The van der Waals surface area contributed by atoms with Crippen molar-refractivity contribution in [2.24, 2.45) is 34.5 Å². The molecule has 4 rings (SSSR count). The normalized spacial score (nSPS) is 41.7. The Hall–Kier alpha value is -1.45. The van der Waals surface area contributed by atoms with Crippen LogP contribution in [-0.2, 0) is 19.1 Å². The number of carbonyl (C=O) groups excluding carboxylic acids is 3. The zero-order valence-corrected chi connectivity index (χ0v) is 18.5. The second-order valence-corrected chi connectivity index (χ2v) is 10.5. The van der Waals surface area contributed by atoms with E-state index < -0.39 is 0 Å². The van der Waals surface area contributed by atoms with E-state index in [9.17, 15) is 14.4 Å². The van der Waals surface area contributed by atoms with Gasteiger partial charge in [-0.05, 0) is 73.2 Å². The molecule has 0 aliphatic heterocycles. The van der Waals surface area contributed by atoms with Gasteiger partial charge in [0.1, 0.15) is 5.78 Å². The fourth-order valence-corrected chi connectivity index (χ4v) is 7.59. The molecule has 0 aromatic carbocycles. The molecule has 3 saturated carbocycles. The molecule has 0 aromatic rings. The Bertz CT molecular complexity index is 765. The van der Waals surface area contributed by atoms with Crippen LogP contribution >= 0.6 is 0 Å². The van der Waals surface area contributed by atoms with Gasteiger partial charge >= 0.3 is 5.97 Å². The Morgan fingerprint density at radius 1 is 1.07 bits per heavy atom. The molecular formula is C25H36O4. The first-order valence-corrected chi connectivity index (χ1v) is 11.8. The molecule has 0 amide bonds. The number of hydrogen-bond donors (Lipinski definition) is 0. The summed E-state index contributed by atoms with van der Waals surface area (Å²) in [5.74, 6) is 2.58. The summed E-state index contributed by atoms with van der Waals surface area (Å²) in [6.07, 6.45) is 8.09. The summed E-state index contributed by atoms with van der Waals surface area (Å²) in [6.45, 7) is 8.71. The number of rotatable bonds is 4. The molecular weight excluding hydrogens is 364 g/mol. The largest absolute Gasteiger partial charge is 0.423 e. The van der Waals surface area contributed by atoms with Gasteiger partial charge in [-0.15, -0.1) is 0 Å². The Balaban J connectivity index is 1.70. The highest BCUT2D eigenvalue weighted by Crippen LogP contribution is 2.66. The van der Waals surface area contributed by atoms with E-state index >= 15 is 0 Å². The topological polar surface area (TPSA) is 60.4 Å². The summed E-state index contributed by atoms with van der Waals surface area (Å²) in [6, 6.07) is 0. The first kappa shape index (κ1) is 20.8. The number of hydrogen-bond acceptors (Lipinski definition) is 4. The number of ketones is 2. The fraction of sp³-hybridized carbons (Fsp3) is 0.800. The lowest BCUT2D eigenvalue weighted by molar-refractivity contribution is -0.145. The summed E-state index contributed by atoms with van der Waals surface area (Å²) in [4.78, 5) is 37.8. The molecule has 4 nitrogen and oxygen atoms in total. The second kappa shape index (κ2) is 7.35. The summed E-state index contributed by atoms with van der Waals surface area (Å²) in [7, 11) is 0. The Morgan fingerprint density at radius 3 is 2.52 bits per heavy atom. The number of esters is 1. The van der Waals surface area contributed by atoms with Gasteiger partial charge in [-0.25, -0.2) is 0 Å². The van der Waals surface area contributed by atoms with Crippen molar-refractivity contribution in [3.8, 4) is 0 Å². The first-order chi connectivity index (χ1) is 13.8. The number of allylic oxidation sites excluding steroid dienone is 1. The number of carbonyl (C=O) groups is 3. The molecule has 0 saturated heterocycles. The first-order valence-electron chi connectivity index (χ1n) is 11.8. The smallest absolute Gasteiger partial charge is 0.311 e. The van der Waals surface area contributed by atoms with Crippen LogP contribution in [0.2, 0.25) is 0 Å². The average molecular weight is 401 g/mol. The van der Waals surface area contributed by atoms with Crippen molar-refractivity contribution in [3.63, 3.8) is 0 Å². The van der Waals surface area contributed by atoms with Gasteiger partial charge < -0.3 is 4.74 Å². The molecule has 0 N–H and O–H groups in total. The van der Waals surface area contributed by atoms with Gasteiger partial charge in [0.15, 0.2) is 11.5 Å². The van der Waals surface area contributed by atoms with E-state index in [1.165, 1.54) is 0 Å². The average Bonchev–Trinajstić information content (AvgIpc) is 2.95. The van der Waals surface area contributed by atoms with Crippen LogP contribution in [-0.4, -0.2) is 17.5 Å². The number of Topliss-reactive ketones (excluding diaryl/α,β-unsaturated/α-hetero) is 2. The predicted octanol–water partition coefficient (Wildman–Crippen LogP) is 5.39. The third kappa shape index (κ3) is 3.04. The molecule has 29 heavy (non-hydrogen) atoms. The second-order valence-electron chi connectivity index (χ2n) is 10.5. The third-order valence-electron chi connectivity index (χ3n) is 9.11. The van der Waals surface area contributed by atoms with Gasteiger partial charge in [0, 0.05) is 24.7 Å². The van der Waals surface area contributed by atoms with Crippen molar-refractivity contribution >= 4 is 17.5 Å². The van der Waals surface area contributed by atoms with Gasteiger partial charge in [-0.2, -0.15) is 0 Å². The molecule has 4 heteroatoms. The van der Waals surface area contributed by atoms with Crippen molar-refractivity contribution < 1.29 is 19.1 Å². The van der Waals surface area contributed by atoms with E-state index in [1.54, 1.807) is 0 Å². The van der Waals surface area contributed by atoms with Crippen LogP contribution in [0.15, 0.2) is 11.3 Å². The molecule has 0 radical (unpaired) electrons. The molecule has 0 aromatic heterocycles. The van der Waals surface area contributed by atoms with Crippen molar-refractivity contribution in [2.75, 3.05) is 0 Å². The van der Waals surface area contributed by atoms with Gasteiger partial charge in [0.2, 0.25) is 0 Å². The summed E-state index contributed by atoms with van der Waals surface area (Å²) >= 11 is 0. The van der Waals surface area contributed by atoms with Crippen LogP contribution in [0.3, 0.4) is 0 Å².